The molecular weight excluding hydrogens is 351 g/mol. The van der Waals surface area contributed by atoms with Gasteiger partial charge in [-0.05, 0) is 51.1 Å². The number of piperidine rings is 1. The predicted molar refractivity (Wildman–Crippen MR) is 96.0 cm³/mol. The molecule has 1 atom stereocenters. The van der Waals surface area contributed by atoms with Crippen LogP contribution in [0.15, 0.2) is 18.2 Å². The highest BCUT2D eigenvalue weighted by Gasteiger charge is 2.33. The van der Waals surface area contributed by atoms with E-state index in [2.05, 4.69) is 10.6 Å². The van der Waals surface area contributed by atoms with Gasteiger partial charge in [-0.25, -0.2) is 0 Å². The molecule has 0 saturated carbocycles. The van der Waals surface area contributed by atoms with Gasteiger partial charge in [0.25, 0.3) is 5.91 Å². The standard InChI is InChI=1S/C17H24Cl2N2O3/c1-12(24-15-4-3-13(18)9-14(15)19)16(22)21-10-17(11-23-2)5-7-20-8-6-17/h3-4,9,12,20H,5-8,10-11H2,1-2H3,(H,21,22). The smallest absolute Gasteiger partial charge is 0.260 e. The highest BCUT2D eigenvalue weighted by molar-refractivity contribution is 6.35. The molecule has 1 heterocycles. The van der Waals surface area contributed by atoms with Crippen molar-refractivity contribution in [3.63, 3.8) is 0 Å². The molecule has 1 amide bonds. The molecule has 2 N–H and O–H groups in total. The van der Waals surface area contributed by atoms with Gasteiger partial charge in [0.1, 0.15) is 5.75 Å². The van der Waals surface area contributed by atoms with Crippen LogP contribution in [0.2, 0.25) is 10.0 Å². The number of carbonyl (C=O) groups excluding carboxylic acids is 1. The van der Waals surface area contributed by atoms with Crippen LogP contribution >= 0.6 is 23.2 Å². The molecule has 0 aromatic heterocycles. The molecule has 0 bridgehead atoms. The monoisotopic (exact) mass is 374 g/mol. The van der Waals surface area contributed by atoms with Gasteiger partial charge in [0.15, 0.2) is 6.10 Å². The summed E-state index contributed by atoms with van der Waals surface area (Å²) in [4.78, 5) is 12.4. The Labute approximate surface area is 153 Å². The van der Waals surface area contributed by atoms with Crippen molar-refractivity contribution in [3.05, 3.63) is 28.2 Å². The van der Waals surface area contributed by atoms with Crippen LogP contribution in [0.5, 0.6) is 5.75 Å². The molecule has 1 saturated heterocycles. The number of hydrogen-bond acceptors (Lipinski definition) is 4. The molecule has 1 aliphatic rings. The van der Waals surface area contributed by atoms with E-state index in [4.69, 9.17) is 32.7 Å². The summed E-state index contributed by atoms with van der Waals surface area (Å²) in [6.45, 7) is 4.78. The largest absolute Gasteiger partial charge is 0.479 e. The second kappa shape index (κ2) is 8.90. The lowest BCUT2D eigenvalue weighted by Crippen LogP contribution is -2.49. The number of carbonyl (C=O) groups is 1. The number of methoxy groups -OCH3 is 1. The van der Waals surface area contributed by atoms with Crippen molar-refractivity contribution >= 4 is 29.1 Å². The van der Waals surface area contributed by atoms with Crippen molar-refractivity contribution in [1.82, 2.24) is 10.6 Å². The van der Waals surface area contributed by atoms with Crippen molar-refractivity contribution in [2.75, 3.05) is 33.4 Å². The summed E-state index contributed by atoms with van der Waals surface area (Å²) in [6, 6.07) is 4.93. The van der Waals surface area contributed by atoms with Crippen molar-refractivity contribution in [2.24, 2.45) is 5.41 Å². The summed E-state index contributed by atoms with van der Waals surface area (Å²) in [5, 5.41) is 7.23. The lowest BCUT2D eigenvalue weighted by atomic mass is 9.79. The fourth-order valence-corrected chi connectivity index (χ4v) is 3.32. The molecule has 134 valence electrons. The van der Waals surface area contributed by atoms with Crippen molar-refractivity contribution in [1.29, 1.82) is 0 Å². The number of nitrogens with one attached hydrogen (secondary N) is 2. The van der Waals surface area contributed by atoms with Gasteiger partial charge in [-0.15, -0.1) is 0 Å². The third-order valence-electron chi connectivity index (χ3n) is 4.32. The van der Waals surface area contributed by atoms with Crippen LogP contribution in [0.4, 0.5) is 0 Å². The molecule has 1 aromatic rings. The Morgan fingerprint density at radius 2 is 2.08 bits per heavy atom. The molecule has 1 fully saturated rings. The Kier molecular flexibility index (Phi) is 7.16. The second-order valence-electron chi connectivity index (χ2n) is 6.24. The number of hydrogen-bond donors (Lipinski definition) is 2. The molecule has 24 heavy (non-hydrogen) atoms. The molecule has 1 aliphatic heterocycles. The number of ether oxygens (including phenoxy) is 2. The highest BCUT2D eigenvalue weighted by Crippen LogP contribution is 2.29. The molecule has 0 spiro atoms. The fourth-order valence-electron chi connectivity index (χ4n) is 2.87. The summed E-state index contributed by atoms with van der Waals surface area (Å²) in [6.07, 6.45) is 1.30. The Bertz CT molecular complexity index is 557. The van der Waals surface area contributed by atoms with Crippen LogP contribution in [0.25, 0.3) is 0 Å². The highest BCUT2D eigenvalue weighted by atomic mass is 35.5. The van der Waals surface area contributed by atoms with Gasteiger partial charge in [0.2, 0.25) is 0 Å². The zero-order chi connectivity index (χ0) is 17.6. The molecule has 1 unspecified atom stereocenters. The molecular formula is C17H24Cl2N2O3. The first kappa shape index (κ1) is 19.3. The van der Waals surface area contributed by atoms with E-state index < -0.39 is 6.10 Å². The minimum Gasteiger partial charge on any atom is -0.479 e. The molecule has 1 aromatic carbocycles. The maximum atomic E-state index is 12.4. The van der Waals surface area contributed by atoms with Gasteiger partial charge >= 0.3 is 0 Å². The summed E-state index contributed by atoms with van der Waals surface area (Å²) < 4.78 is 11.0. The zero-order valence-electron chi connectivity index (χ0n) is 14.0. The maximum Gasteiger partial charge on any atom is 0.260 e. The minimum atomic E-state index is -0.648. The maximum absolute atomic E-state index is 12.4. The molecule has 2 rings (SSSR count). The average molecular weight is 375 g/mol. The molecule has 7 heteroatoms. The van der Waals surface area contributed by atoms with Gasteiger partial charge in [0.05, 0.1) is 11.6 Å². The Hall–Kier alpha value is -1.01. The van der Waals surface area contributed by atoms with Crippen LogP contribution < -0.4 is 15.4 Å². The summed E-state index contributed by atoms with van der Waals surface area (Å²) in [5.74, 6) is 0.271. The lowest BCUT2D eigenvalue weighted by Gasteiger charge is -2.37. The van der Waals surface area contributed by atoms with Crippen LogP contribution in [0.3, 0.4) is 0 Å². The van der Waals surface area contributed by atoms with E-state index >= 15 is 0 Å². The first-order chi connectivity index (χ1) is 11.5. The molecule has 0 radical (unpaired) electrons. The van der Waals surface area contributed by atoms with E-state index in [1.807, 2.05) is 0 Å². The number of amides is 1. The van der Waals surface area contributed by atoms with Crippen LogP contribution in [-0.4, -0.2) is 45.4 Å². The van der Waals surface area contributed by atoms with Gasteiger partial charge in [0, 0.05) is 24.1 Å². The summed E-state index contributed by atoms with van der Waals surface area (Å²) >= 11 is 11.9. The van der Waals surface area contributed by atoms with Gasteiger partial charge < -0.3 is 20.1 Å². The van der Waals surface area contributed by atoms with Crippen molar-refractivity contribution in [3.8, 4) is 5.75 Å². The quantitative estimate of drug-likeness (QED) is 0.770. The number of halogens is 2. The normalized spacial score (nSPS) is 18.0. The fraction of sp³-hybridized carbons (Fsp3) is 0.588. The zero-order valence-corrected chi connectivity index (χ0v) is 15.5. The molecule has 0 aliphatic carbocycles. The van der Waals surface area contributed by atoms with Crippen LogP contribution in [-0.2, 0) is 9.53 Å². The number of rotatable bonds is 7. The van der Waals surface area contributed by atoms with E-state index in [0.29, 0.717) is 28.9 Å². The third-order valence-corrected chi connectivity index (χ3v) is 4.85. The first-order valence-electron chi connectivity index (χ1n) is 8.05. The Morgan fingerprint density at radius 3 is 2.71 bits per heavy atom. The summed E-state index contributed by atoms with van der Waals surface area (Å²) in [7, 11) is 1.69. The third kappa shape index (κ3) is 5.24. The van der Waals surface area contributed by atoms with Crippen LogP contribution in [0.1, 0.15) is 19.8 Å². The van der Waals surface area contributed by atoms with Gasteiger partial charge in [-0.2, -0.15) is 0 Å². The first-order valence-corrected chi connectivity index (χ1v) is 8.80. The lowest BCUT2D eigenvalue weighted by molar-refractivity contribution is -0.128. The average Bonchev–Trinajstić information content (AvgIpc) is 2.56. The number of benzene rings is 1. The van der Waals surface area contributed by atoms with E-state index in [1.165, 1.54) is 0 Å². The Balaban J connectivity index is 1.90. The second-order valence-corrected chi connectivity index (χ2v) is 7.08. The van der Waals surface area contributed by atoms with Crippen molar-refractivity contribution in [2.45, 2.75) is 25.9 Å². The van der Waals surface area contributed by atoms with Crippen LogP contribution in [0, 0.1) is 5.41 Å². The van der Waals surface area contributed by atoms with E-state index in [9.17, 15) is 4.79 Å². The summed E-state index contributed by atoms with van der Waals surface area (Å²) in [5.41, 5.74) is -0.0205. The van der Waals surface area contributed by atoms with Gasteiger partial charge in [-0.1, -0.05) is 23.2 Å². The van der Waals surface area contributed by atoms with E-state index in [1.54, 1.807) is 32.2 Å². The SMILES string of the molecule is COCC1(CNC(=O)C(C)Oc2ccc(Cl)cc2Cl)CCNCC1. The predicted octanol–water partition coefficient (Wildman–Crippen LogP) is 2.89. The van der Waals surface area contributed by atoms with E-state index in [-0.39, 0.29) is 11.3 Å². The van der Waals surface area contributed by atoms with Crippen molar-refractivity contribution < 1.29 is 14.3 Å². The Morgan fingerprint density at radius 1 is 1.38 bits per heavy atom. The minimum absolute atomic E-state index is 0.0205. The topological polar surface area (TPSA) is 59.6 Å². The molecule has 5 nitrogen and oxygen atoms in total. The van der Waals surface area contributed by atoms with Gasteiger partial charge in [-0.3, -0.25) is 4.79 Å². The van der Waals surface area contributed by atoms with E-state index in [0.717, 1.165) is 25.9 Å².